The van der Waals surface area contributed by atoms with Gasteiger partial charge >= 0.3 is 0 Å². The van der Waals surface area contributed by atoms with Crippen molar-refractivity contribution in [1.82, 2.24) is 5.32 Å². The fourth-order valence-corrected chi connectivity index (χ4v) is 2.29. The average molecular weight is 340 g/mol. The minimum atomic E-state index is -0.429. The number of rotatable bonds is 5. The molecule has 106 valence electrons. The topological polar surface area (TPSA) is 42.2 Å². The number of hydrogen-bond acceptors (Lipinski definition) is 2. The van der Waals surface area contributed by atoms with E-state index in [1.807, 2.05) is 19.1 Å². The van der Waals surface area contributed by atoms with Crippen molar-refractivity contribution in [2.75, 3.05) is 0 Å². The Kier molecular flexibility index (Phi) is 4.95. The van der Waals surface area contributed by atoms with Gasteiger partial charge in [0, 0.05) is 16.9 Å². The Bertz CT molecular complexity index is 584. The molecule has 0 bridgehead atoms. The quantitative estimate of drug-likeness (QED) is 0.896. The minimum Gasteiger partial charge on any atom is -0.469 e. The molecule has 1 atom stereocenters. The summed E-state index contributed by atoms with van der Waals surface area (Å²) < 4.78 is 19.0. The molecule has 1 N–H and O–H groups in total. The van der Waals surface area contributed by atoms with Crippen LogP contribution in [0.3, 0.4) is 0 Å². The molecule has 0 aliphatic carbocycles. The molecule has 1 aromatic heterocycles. The van der Waals surface area contributed by atoms with Crippen LogP contribution in [0, 0.1) is 5.82 Å². The maximum absolute atomic E-state index is 13.2. The van der Waals surface area contributed by atoms with Crippen molar-refractivity contribution in [3.63, 3.8) is 0 Å². The van der Waals surface area contributed by atoms with Crippen molar-refractivity contribution in [2.45, 2.75) is 25.8 Å². The lowest BCUT2D eigenvalue weighted by Crippen LogP contribution is -2.33. The first-order valence-corrected chi connectivity index (χ1v) is 7.14. The Morgan fingerprint density at radius 3 is 2.95 bits per heavy atom. The highest BCUT2D eigenvalue weighted by atomic mass is 79.9. The van der Waals surface area contributed by atoms with E-state index in [1.165, 1.54) is 18.2 Å². The second-order valence-electron chi connectivity index (χ2n) is 4.62. The number of aryl methyl sites for hydroxylation is 1. The van der Waals surface area contributed by atoms with Gasteiger partial charge in [0.05, 0.1) is 11.8 Å². The predicted octanol–water partition coefficient (Wildman–Crippen LogP) is 3.93. The zero-order valence-electron chi connectivity index (χ0n) is 11.0. The van der Waals surface area contributed by atoms with Crippen LogP contribution in [0.25, 0.3) is 0 Å². The summed E-state index contributed by atoms with van der Waals surface area (Å²) in [7, 11) is 0. The van der Waals surface area contributed by atoms with Gasteiger partial charge in [-0.2, -0.15) is 0 Å². The highest BCUT2D eigenvalue weighted by Crippen LogP contribution is 2.18. The van der Waals surface area contributed by atoms with Crippen molar-refractivity contribution < 1.29 is 13.6 Å². The van der Waals surface area contributed by atoms with E-state index in [-0.39, 0.29) is 11.9 Å². The summed E-state index contributed by atoms with van der Waals surface area (Å²) in [5, 5.41) is 2.85. The normalized spacial score (nSPS) is 12.2. The molecule has 1 heterocycles. The van der Waals surface area contributed by atoms with E-state index < -0.39 is 5.82 Å². The molecule has 1 aromatic carbocycles. The lowest BCUT2D eigenvalue weighted by molar-refractivity contribution is 0.0937. The molecular formula is C15H15BrFNO2. The van der Waals surface area contributed by atoms with Crippen LogP contribution in [0.4, 0.5) is 4.39 Å². The Hall–Kier alpha value is -1.62. The molecular weight excluding hydrogens is 325 g/mol. The second-order valence-corrected chi connectivity index (χ2v) is 5.47. The maximum atomic E-state index is 13.2. The molecule has 5 heteroatoms. The SMILES string of the molecule is CC(CCc1ccco1)NC(=O)c1cc(F)ccc1Br. The average Bonchev–Trinajstić information content (AvgIpc) is 2.92. The van der Waals surface area contributed by atoms with Gasteiger partial charge < -0.3 is 9.73 Å². The molecule has 1 amide bonds. The molecule has 0 saturated carbocycles. The minimum absolute atomic E-state index is 0.0252. The van der Waals surface area contributed by atoms with Crippen molar-refractivity contribution in [3.8, 4) is 0 Å². The molecule has 0 aliphatic heterocycles. The Morgan fingerprint density at radius 2 is 2.25 bits per heavy atom. The number of carbonyl (C=O) groups excluding carboxylic acids is 1. The van der Waals surface area contributed by atoms with Gasteiger partial charge in [-0.3, -0.25) is 4.79 Å². The first-order valence-electron chi connectivity index (χ1n) is 6.34. The van der Waals surface area contributed by atoms with E-state index in [0.29, 0.717) is 10.0 Å². The van der Waals surface area contributed by atoms with Crippen molar-refractivity contribution in [3.05, 3.63) is 58.2 Å². The first-order chi connectivity index (χ1) is 9.56. The van der Waals surface area contributed by atoms with Crippen molar-refractivity contribution in [2.24, 2.45) is 0 Å². The van der Waals surface area contributed by atoms with Gasteiger partial charge in [0.1, 0.15) is 11.6 Å². The third-order valence-corrected chi connectivity index (χ3v) is 3.65. The van der Waals surface area contributed by atoms with Crippen LogP contribution in [0.5, 0.6) is 0 Å². The number of amides is 1. The van der Waals surface area contributed by atoms with Crippen LogP contribution in [-0.2, 0) is 6.42 Å². The van der Waals surface area contributed by atoms with Crippen molar-refractivity contribution in [1.29, 1.82) is 0 Å². The van der Waals surface area contributed by atoms with Crippen LogP contribution in [0.1, 0.15) is 29.5 Å². The van der Waals surface area contributed by atoms with Crippen LogP contribution in [-0.4, -0.2) is 11.9 Å². The van der Waals surface area contributed by atoms with Gasteiger partial charge in [0.2, 0.25) is 0 Å². The monoisotopic (exact) mass is 339 g/mol. The molecule has 20 heavy (non-hydrogen) atoms. The molecule has 2 aromatic rings. The van der Waals surface area contributed by atoms with Crippen LogP contribution in [0.15, 0.2) is 45.5 Å². The summed E-state index contributed by atoms with van der Waals surface area (Å²) in [5.74, 6) is 0.169. The Labute approximate surface area is 125 Å². The van der Waals surface area contributed by atoms with Gasteiger partial charge in [-0.15, -0.1) is 0 Å². The van der Waals surface area contributed by atoms with Crippen LogP contribution >= 0.6 is 15.9 Å². The lowest BCUT2D eigenvalue weighted by Gasteiger charge is -2.14. The number of furan rings is 1. The third kappa shape index (κ3) is 3.93. The number of benzene rings is 1. The van der Waals surface area contributed by atoms with E-state index >= 15 is 0 Å². The maximum Gasteiger partial charge on any atom is 0.252 e. The van der Waals surface area contributed by atoms with Crippen LogP contribution < -0.4 is 5.32 Å². The van der Waals surface area contributed by atoms with E-state index in [0.717, 1.165) is 18.6 Å². The van der Waals surface area contributed by atoms with E-state index in [1.54, 1.807) is 6.26 Å². The lowest BCUT2D eigenvalue weighted by atomic mass is 10.1. The fourth-order valence-electron chi connectivity index (χ4n) is 1.86. The summed E-state index contributed by atoms with van der Waals surface area (Å²) in [5.41, 5.74) is 0.301. The molecule has 1 unspecified atom stereocenters. The first kappa shape index (κ1) is 14.8. The zero-order chi connectivity index (χ0) is 14.5. The van der Waals surface area contributed by atoms with E-state index in [4.69, 9.17) is 4.42 Å². The highest BCUT2D eigenvalue weighted by molar-refractivity contribution is 9.10. The third-order valence-electron chi connectivity index (χ3n) is 2.95. The van der Waals surface area contributed by atoms with E-state index in [9.17, 15) is 9.18 Å². The molecule has 2 rings (SSSR count). The molecule has 0 radical (unpaired) electrons. The van der Waals surface area contributed by atoms with Crippen molar-refractivity contribution >= 4 is 21.8 Å². The zero-order valence-corrected chi connectivity index (χ0v) is 12.6. The van der Waals surface area contributed by atoms with Gasteiger partial charge in [0.25, 0.3) is 5.91 Å². The summed E-state index contributed by atoms with van der Waals surface area (Å²) >= 11 is 3.25. The Morgan fingerprint density at radius 1 is 1.45 bits per heavy atom. The second kappa shape index (κ2) is 6.70. The van der Waals surface area contributed by atoms with E-state index in [2.05, 4.69) is 21.2 Å². The standard InChI is InChI=1S/C15H15BrFNO2/c1-10(4-6-12-3-2-8-20-12)18-15(19)13-9-11(17)5-7-14(13)16/h2-3,5,7-10H,4,6H2,1H3,(H,18,19). The van der Waals surface area contributed by atoms with Gasteiger partial charge in [-0.25, -0.2) is 4.39 Å². The smallest absolute Gasteiger partial charge is 0.252 e. The number of nitrogens with one attached hydrogen (secondary N) is 1. The van der Waals surface area contributed by atoms with Gasteiger partial charge in [0.15, 0.2) is 0 Å². The summed E-state index contributed by atoms with van der Waals surface area (Å²) in [4.78, 5) is 12.1. The fraction of sp³-hybridized carbons (Fsp3) is 0.267. The number of halogens is 2. The molecule has 0 fully saturated rings. The number of carbonyl (C=O) groups is 1. The summed E-state index contributed by atoms with van der Waals surface area (Å²) in [6.45, 7) is 1.91. The number of hydrogen-bond donors (Lipinski definition) is 1. The van der Waals surface area contributed by atoms with Gasteiger partial charge in [-0.1, -0.05) is 0 Å². The molecule has 3 nitrogen and oxygen atoms in total. The van der Waals surface area contributed by atoms with Gasteiger partial charge in [-0.05, 0) is 59.6 Å². The Balaban J connectivity index is 1.91. The highest BCUT2D eigenvalue weighted by Gasteiger charge is 2.14. The molecule has 0 aliphatic rings. The van der Waals surface area contributed by atoms with Crippen LogP contribution in [0.2, 0.25) is 0 Å². The molecule has 0 spiro atoms. The largest absolute Gasteiger partial charge is 0.469 e. The molecule has 0 saturated heterocycles. The summed E-state index contributed by atoms with van der Waals surface area (Å²) in [6.07, 6.45) is 3.13. The summed E-state index contributed by atoms with van der Waals surface area (Å²) in [6, 6.07) is 7.76. The predicted molar refractivity (Wildman–Crippen MR) is 78.1 cm³/mol.